The molecule has 0 aliphatic carbocycles. The van der Waals surface area contributed by atoms with Gasteiger partial charge in [0, 0.05) is 18.6 Å². The molecule has 1 aliphatic heterocycles. The second-order valence-electron chi connectivity index (χ2n) is 6.20. The molecule has 2 heterocycles. The number of aromatic nitrogens is 2. The molecule has 2 N–H and O–H groups in total. The van der Waals surface area contributed by atoms with Gasteiger partial charge in [0.1, 0.15) is 5.82 Å². The third kappa shape index (κ3) is 2.43. The Morgan fingerprint density at radius 1 is 1.45 bits per heavy atom. The van der Waals surface area contributed by atoms with Crippen molar-refractivity contribution in [3.63, 3.8) is 0 Å². The third-order valence-corrected chi connectivity index (χ3v) is 4.67. The normalized spacial score (nSPS) is 23.8. The lowest BCUT2D eigenvalue weighted by Gasteiger charge is -2.22. The summed E-state index contributed by atoms with van der Waals surface area (Å²) in [7, 11) is 2.07. The van der Waals surface area contributed by atoms with E-state index in [0.29, 0.717) is 0 Å². The summed E-state index contributed by atoms with van der Waals surface area (Å²) < 4.78 is 2.16. The molecule has 1 aliphatic rings. The number of imidazole rings is 1. The van der Waals surface area contributed by atoms with E-state index in [4.69, 9.17) is 22.3 Å². The van der Waals surface area contributed by atoms with E-state index < -0.39 is 0 Å². The van der Waals surface area contributed by atoms with Crippen LogP contribution in [-0.2, 0) is 13.6 Å². The van der Waals surface area contributed by atoms with E-state index in [0.717, 1.165) is 48.1 Å². The van der Waals surface area contributed by atoms with Crippen LogP contribution in [0, 0.1) is 5.41 Å². The van der Waals surface area contributed by atoms with Crippen LogP contribution in [0.1, 0.15) is 19.2 Å². The van der Waals surface area contributed by atoms with Gasteiger partial charge in [-0.15, -0.1) is 0 Å². The summed E-state index contributed by atoms with van der Waals surface area (Å²) in [6.45, 7) is 6.03. The summed E-state index contributed by atoms with van der Waals surface area (Å²) in [6, 6.07) is 5.87. The fourth-order valence-corrected chi connectivity index (χ4v) is 3.16. The van der Waals surface area contributed by atoms with E-state index in [1.165, 1.54) is 6.42 Å². The Kier molecular flexibility index (Phi) is 3.48. The van der Waals surface area contributed by atoms with E-state index in [1.807, 2.05) is 18.2 Å². The van der Waals surface area contributed by atoms with Gasteiger partial charge in [0.25, 0.3) is 0 Å². The van der Waals surface area contributed by atoms with Gasteiger partial charge in [-0.05, 0) is 43.1 Å². The van der Waals surface area contributed by atoms with Gasteiger partial charge in [-0.2, -0.15) is 0 Å². The van der Waals surface area contributed by atoms with Crippen molar-refractivity contribution in [1.82, 2.24) is 14.5 Å². The predicted molar refractivity (Wildman–Crippen MR) is 82.8 cm³/mol. The molecule has 0 bridgehead atoms. The van der Waals surface area contributed by atoms with Gasteiger partial charge in [-0.25, -0.2) is 4.98 Å². The SMILES string of the molecule is Cn1c(CN2CCC(C)(CN)C2)nc2cc(Cl)ccc21. The number of fused-ring (bicyclic) bond motifs is 1. The van der Waals surface area contributed by atoms with Crippen molar-refractivity contribution in [2.45, 2.75) is 19.9 Å². The molecule has 5 heteroatoms. The molecular weight excluding hydrogens is 272 g/mol. The molecule has 1 saturated heterocycles. The number of halogens is 1. The summed E-state index contributed by atoms with van der Waals surface area (Å²) in [5.41, 5.74) is 8.23. The molecule has 0 amide bonds. The largest absolute Gasteiger partial charge is 0.330 e. The van der Waals surface area contributed by atoms with E-state index in [1.54, 1.807) is 0 Å². The highest BCUT2D eigenvalue weighted by Gasteiger charge is 2.32. The van der Waals surface area contributed by atoms with Crippen LogP contribution in [0.2, 0.25) is 5.02 Å². The van der Waals surface area contributed by atoms with Crippen molar-refractivity contribution in [3.8, 4) is 0 Å². The van der Waals surface area contributed by atoms with E-state index in [2.05, 4.69) is 23.4 Å². The van der Waals surface area contributed by atoms with Gasteiger partial charge in [0.15, 0.2) is 0 Å². The fourth-order valence-electron chi connectivity index (χ4n) is 2.99. The van der Waals surface area contributed by atoms with Crippen molar-refractivity contribution in [3.05, 3.63) is 29.0 Å². The molecule has 0 radical (unpaired) electrons. The van der Waals surface area contributed by atoms with Crippen molar-refractivity contribution in [1.29, 1.82) is 0 Å². The molecule has 20 heavy (non-hydrogen) atoms. The molecule has 0 spiro atoms. The van der Waals surface area contributed by atoms with Gasteiger partial charge >= 0.3 is 0 Å². The fraction of sp³-hybridized carbons (Fsp3) is 0.533. The van der Waals surface area contributed by atoms with Gasteiger partial charge in [0.05, 0.1) is 17.6 Å². The van der Waals surface area contributed by atoms with Crippen LogP contribution in [0.4, 0.5) is 0 Å². The molecule has 1 fully saturated rings. The topological polar surface area (TPSA) is 47.1 Å². The zero-order chi connectivity index (χ0) is 14.3. The average Bonchev–Trinajstić information content (AvgIpc) is 2.93. The highest BCUT2D eigenvalue weighted by molar-refractivity contribution is 6.31. The molecule has 1 atom stereocenters. The molecule has 0 saturated carbocycles. The van der Waals surface area contributed by atoms with Crippen LogP contribution in [0.5, 0.6) is 0 Å². The highest BCUT2D eigenvalue weighted by Crippen LogP contribution is 2.30. The lowest BCUT2D eigenvalue weighted by atomic mass is 9.90. The van der Waals surface area contributed by atoms with E-state index in [9.17, 15) is 0 Å². The lowest BCUT2D eigenvalue weighted by Crippen LogP contribution is -2.31. The maximum atomic E-state index is 6.03. The van der Waals surface area contributed by atoms with Crippen LogP contribution in [0.3, 0.4) is 0 Å². The monoisotopic (exact) mass is 292 g/mol. The Morgan fingerprint density at radius 2 is 2.25 bits per heavy atom. The second kappa shape index (κ2) is 5.02. The van der Waals surface area contributed by atoms with E-state index >= 15 is 0 Å². The molecule has 1 aromatic carbocycles. The number of likely N-dealkylation sites (tertiary alicyclic amines) is 1. The van der Waals surface area contributed by atoms with Gasteiger partial charge < -0.3 is 10.3 Å². The zero-order valence-corrected chi connectivity index (χ0v) is 12.8. The van der Waals surface area contributed by atoms with Crippen molar-refractivity contribution >= 4 is 22.6 Å². The Labute approximate surface area is 124 Å². The first kappa shape index (κ1) is 13.9. The lowest BCUT2D eigenvalue weighted by molar-refractivity contribution is 0.267. The smallest absolute Gasteiger partial charge is 0.123 e. The Hall–Kier alpha value is -1.10. The number of hydrogen-bond acceptors (Lipinski definition) is 3. The third-order valence-electron chi connectivity index (χ3n) is 4.43. The Bertz CT molecular complexity index is 636. The minimum Gasteiger partial charge on any atom is -0.330 e. The summed E-state index contributed by atoms with van der Waals surface area (Å²) >= 11 is 6.03. The molecular formula is C15H21ClN4. The first-order chi connectivity index (χ1) is 9.50. The number of nitrogens with zero attached hydrogens (tertiary/aromatic N) is 3. The maximum absolute atomic E-state index is 6.03. The average molecular weight is 293 g/mol. The number of benzene rings is 1. The van der Waals surface area contributed by atoms with Gasteiger partial charge in [-0.1, -0.05) is 18.5 Å². The van der Waals surface area contributed by atoms with Crippen molar-refractivity contribution in [2.75, 3.05) is 19.6 Å². The predicted octanol–water partition coefficient (Wildman–Crippen LogP) is 2.40. The number of nitrogens with two attached hydrogens (primary N) is 1. The molecule has 4 nitrogen and oxygen atoms in total. The molecule has 1 unspecified atom stereocenters. The molecule has 2 aromatic rings. The van der Waals surface area contributed by atoms with Crippen LogP contribution < -0.4 is 5.73 Å². The van der Waals surface area contributed by atoms with Crippen LogP contribution in [0.25, 0.3) is 11.0 Å². The summed E-state index contributed by atoms with van der Waals surface area (Å²) in [4.78, 5) is 7.16. The van der Waals surface area contributed by atoms with Crippen LogP contribution >= 0.6 is 11.6 Å². The minimum absolute atomic E-state index is 0.258. The second-order valence-corrected chi connectivity index (χ2v) is 6.63. The minimum atomic E-state index is 0.258. The van der Waals surface area contributed by atoms with Gasteiger partial charge in [0.2, 0.25) is 0 Å². The summed E-state index contributed by atoms with van der Waals surface area (Å²) in [5.74, 6) is 1.09. The molecule has 3 rings (SSSR count). The van der Waals surface area contributed by atoms with Crippen LogP contribution in [0.15, 0.2) is 18.2 Å². The van der Waals surface area contributed by atoms with Crippen molar-refractivity contribution in [2.24, 2.45) is 18.2 Å². The first-order valence-corrected chi connectivity index (χ1v) is 7.42. The molecule has 108 valence electrons. The number of rotatable bonds is 3. The Balaban J connectivity index is 1.83. The van der Waals surface area contributed by atoms with Gasteiger partial charge in [-0.3, -0.25) is 4.90 Å². The van der Waals surface area contributed by atoms with Crippen LogP contribution in [-0.4, -0.2) is 34.1 Å². The summed E-state index contributed by atoms with van der Waals surface area (Å²) in [5, 5.41) is 0.735. The number of aryl methyl sites for hydroxylation is 1. The van der Waals surface area contributed by atoms with E-state index in [-0.39, 0.29) is 5.41 Å². The molecule has 1 aromatic heterocycles. The first-order valence-electron chi connectivity index (χ1n) is 7.04. The summed E-state index contributed by atoms with van der Waals surface area (Å²) in [6.07, 6.45) is 1.17. The highest BCUT2D eigenvalue weighted by atomic mass is 35.5. The standard InChI is InChI=1S/C15H21ClN4/c1-15(9-17)5-6-20(10-15)8-14-18-12-7-11(16)3-4-13(12)19(14)2/h3-4,7H,5-6,8-10,17H2,1-2H3. The Morgan fingerprint density at radius 3 is 2.95 bits per heavy atom. The quantitative estimate of drug-likeness (QED) is 0.945. The van der Waals surface area contributed by atoms with Crippen molar-refractivity contribution < 1.29 is 0 Å². The number of hydrogen-bond donors (Lipinski definition) is 1. The maximum Gasteiger partial charge on any atom is 0.123 e. The zero-order valence-electron chi connectivity index (χ0n) is 12.1.